The Morgan fingerprint density at radius 2 is 2.10 bits per heavy atom. The Balaban J connectivity index is 2.04. The summed E-state index contributed by atoms with van der Waals surface area (Å²) in [6.07, 6.45) is 0. The van der Waals surface area contributed by atoms with Gasteiger partial charge < -0.3 is 10.4 Å². The molecule has 5 nitrogen and oxygen atoms in total. The third-order valence-electron chi connectivity index (χ3n) is 2.34. The number of aromatic nitrogens is 1. The van der Waals surface area contributed by atoms with Crippen molar-refractivity contribution in [3.8, 4) is 0 Å². The zero-order valence-corrected chi connectivity index (χ0v) is 10.7. The van der Waals surface area contributed by atoms with Crippen molar-refractivity contribution in [2.24, 2.45) is 0 Å². The van der Waals surface area contributed by atoms with Crippen LogP contribution in [0.25, 0.3) is 0 Å². The Kier molecular flexibility index (Phi) is 4.04. The molecule has 0 saturated heterocycles. The molecule has 2 N–H and O–H groups in total. The second-order valence-electron chi connectivity index (χ2n) is 3.74. The van der Waals surface area contributed by atoms with E-state index in [4.69, 9.17) is 5.11 Å². The molecule has 1 aromatic heterocycles. The van der Waals surface area contributed by atoms with Gasteiger partial charge >= 0.3 is 5.97 Å². The minimum absolute atomic E-state index is 0.0628. The number of carbonyl (C=O) groups excluding carboxylic acids is 1. The largest absolute Gasteiger partial charge is 0.476 e. The highest BCUT2D eigenvalue weighted by Gasteiger charge is 2.14. The van der Waals surface area contributed by atoms with Gasteiger partial charge in [-0.1, -0.05) is 0 Å². The summed E-state index contributed by atoms with van der Waals surface area (Å²) in [5, 5.41) is 12.7. The first kappa shape index (κ1) is 14.1. The molecule has 0 aliphatic heterocycles. The van der Waals surface area contributed by atoms with Crippen LogP contribution in [0.1, 0.15) is 25.9 Å². The maximum absolute atomic E-state index is 13.3. The average molecular weight is 298 g/mol. The molecule has 0 unspecified atom stereocenters. The minimum Gasteiger partial charge on any atom is -0.476 e. The molecule has 20 heavy (non-hydrogen) atoms. The Bertz CT molecular complexity index is 672. The van der Waals surface area contributed by atoms with Gasteiger partial charge in [-0.25, -0.2) is 18.6 Å². The van der Waals surface area contributed by atoms with Crippen LogP contribution >= 0.6 is 11.3 Å². The molecular weight excluding hydrogens is 290 g/mol. The Morgan fingerprint density at radius 3 is 2.75 bits per heavy atom. The van der Waals surface area contributed by atoms with Gasteiger partial charge in [0.2, 0.25) is 0 Å². The van der Waals surface area contributed by atoms with E-state index in [9.17, 15) is 18.4 Å². The second kappa shape index (κ2) is 5.74. The van der Waals surface area contributed by atoms with Gasteiger partial charge in [-0.05, 0) is 18.2 Å². The first-order valence-electron chi connectivity index (χ1n) is 5.38. The molecule has 1 aromatic carbocycles. The Hall–Kier alpha value is -2.35. The lowest BCUT2D eigenvalue weighted by molar-refractivity contribution is 0.0691. The number of aromatic carboxylic acids is 1. The van der Waals surface area contributed by atoms with E-state index in [1.165, 1.54) is 5.38 Å². The van der Waals surface area contributed by atoms with Gasteiger partial charge in [0, 0.05) is 5.38 Å². The molecular formula is C12H8F2N2O3S. The fourth-order valence-corrected chi connectivity index (χ4v) is 2.12. The highest BCUT2D eigenvalue weighted by molar-refractivity contribution is 7.09. The Morgan fingerprint density at radius 1 is 1.35 bits per heavy atom. The average Bonchev–Trinajstić information content (AvgIpc) is 2.88. The van der Waals surface area contributed by atoms with Crippen molar-refractivity contribution in [2.75, 3.05) is 0 Å². The summed E-state index contributed by atoms with van der Waals surface area (Å²) in [6.45, 7) is -0.0628. The monoisotopic (exact) mass is 298 g/mol. The lowest BCUT2D eigenvalue weighted by Gasteiger charge is -2.04. The molecule has 0 aliphatic carbocycles. The van der Waals surface area contributed by atoms with E-state index in [0.717, 1.165) is 29.5 Å². The molecule has 0 aliphatic rings. The Labute approximate surface area is 115 Å². The molecule has 0 spiro atoms. The van der Waals surface area contributed by atoms with E-state index < -0.39 is 29.1 Å². The normalized spacial score (nSPS) is 10.3. The maximum Gasteiger partial charge on any atom is 0.355 e. The summed E-state index contributed by atoms with van der Waals surface area (Å²) in [5.74, 6) is -3.53. The van der Waals surface area contributed by atoms with Crippen LogP contribution in [0.5, 0.6) is 0 Å². The van der Waals surface area contributed by atoms with Gasteiger partial charge in [-0.15, -0.1) is 11.3 Å². The molecule has 0 atom stereocenters. The van der Waals surface area contributed by atoms with E-state index in [-0.39, 0.29) is 12.2 Å². The van der Waals surface area contributed by atoms with Crippen molar-refractivity contribution in [1.82, 2.24) is 10.3 Å². The van der Waals surface area contributed by atoms with E-state index in [1.54, 1.807) is 0 Å². The first-order chi connectivity index (χ1) is 9.47. The van der Waals surface area contributed by atoms with Gasteiger partial charge in [-0.3, -0.25) is 4.79 Å². The van der Waals surface area contributed by atoms with E-state index in [0.29, 0.717) is 5.01 Å². The number of rotatable bonds is 4. The van der Waals surface area contributed by atoms with E-state index in [2.05, 4.69) is 10.3 Å². The summed E-state index contributed by atoms with van der Waals surface area (Å²) in [7, 11) is 0. The number of nitrogens with one attached hydrogen (secondary N) is 1. The summed E-state index contributed by atoms with van der Waals surface area (Å²) in [4.78, 5) is 26.0. The molecule has 0 saturated carbocycles. The highest BCUT2D eigenvalue weighted by Crippen LogP contribution is 2.12. The SMILES string of the molecule is O=C(O)c1csc(CNC(=O)c2cc(F)ccc2F)n1. The van der Waals surface area contributed by atoms with Crippen molar-refractivity contribution in [1.29, 1.82) is 0 Å². The quantitative estimate of drug-likeness (QED) is 0.905. The molecule has 104 valence electrons. The van der Waals surface area contributed by atoms with Crippen molar-refractivity contribution >= 4 is 23.2 Å². The number of hydrogen-bond donors (Lipinski definition) is 2. The van der Waals surface area contributed by atoms with Crippen molar-refractivity contribution in [3.05, 3.63) is 51.5 Å². The van der Waals surface area contributed by atoms with Crippen LogP contribution in [0.15, 0.2) is 23.6 Å². The number of hydrogen-bond acceptors (Lipinski definition) is 4. The predicted octanol–water partition coefficient (Wildman–Crippen LogP) is 2.05. The molecule has 0 radical (unpaired) electrons. The van der Waals surface area contributed by atoms with E-state index >= 15 is 0 Å². The fourth-order valence-electron chi connectivity index (χ4n) is 1.41. The van der Waals surface area contributed by atoms with Crippen LogP contribution in [-0.4, -0.2) is 22.0 Å². The van der Waals surface area contributed by atoms with E-state index in [1.807, 2.05) is 0 Å². The van der Waals surface area contributed by atoms with Gasteiger partial charge in [-0.2, -0.15) is 0 Å². The van der Waals surface area contributed by atoms with Crippen LogP contribution in [-0.2, 0) is 6.54 Å². The van der Waals surface area contributed by atoms with Crippen LogP contribution in [0, 0.1) is 11.6 Å². The van der Waals surface area contributed by atoms with Gasteiger partial charge in [0.25, 0.3) is 5.91 Å². The maximum atomic E-state index is 13.3. The number of carboxylic acids is 1. The minimum atomic E-state index is -1.17. The third kappa shape index (κ3) is 3.15. The number of nitrogens with zero attached hydrogens (tertiary/aromatic N) is 1. The summed E-state index contributed by atoms with van der Waals surface area (Å²) < 4.78 is 26.3. The third-order valence-corrected chi connectivity index (χ3v) is 3.19. The van der Waals surface area contributed by atoms with Crippen molar-refractivity contribution in [2.45, 2.75) is 6.54 Å². The number of carboxylic acid groups (broad SMARTS) is 1. The molecule has 1 amide bonds. The number of amides is 1. The van der Waals surface area contributed by atoms with Crippen LogP contribution < -0.4 is 5.32 Å². The number of benzene rings is 1. The van der Waals surface area contributed by atoms with Crippen molar-refractivity contribution < 1.29 is 23.5 Å². The van der Waals surface area contributed by atoms with Gasteiger partial charge in [0.1, 0.15) is 16.6 Å². The lowest BCUT2D eigenvalue weighted by Crippen LogP contribution is -2.24. The second-order valence-corrected chi connectivity index (χ2v) is 4.68. The standard InChI is InChI=1S/C12H8F2N2O3S/c13-6-1-2-8(14)7(3-6)11(17)15-4-10-16-9(5-20-10)12(18)19/h1-3,5H,4H2,(H,15,17)(H,18,19). The summed E-state index contributed by atoms with van der Waals surface area (Å²) in [6, 6.07) is 2.55. The zero-order chi connectivity index (χ0) is 14.7. The topological polar surface area (TPSA) is 79.3 Å². The van der Waals surface area contributed by atoms with Crippen LogP contribution in [0.3, 0.4) is 0 Å². The lowest BCUT2D eigenvalue weighted by atomic mass is 10.2. The molecule has 0 bridgehead atoms. The number of thiazole rings is 1. The highest BCUT2D eigenvalue weighted by atomic mass is 32.1. The fraction of sp³-hybridized carbons (Fsp3) is 0.0833. The first-order valence-corrected chi connectivity index (χ1v) is 6.26. The molecule has 0 fully saturated rings. The summed E-state index contributed by atoms with van der Waals surface area (Å²) >= 11 is 1.05. The van der Waals surface area contributed by atoms with Crippen LogP contribution in [0.4, 0.5) is 8.78 Å². The van der Waals surface area contributed by atoms with Crippen LogP contribution in [0.2, 0.25) is 0 Å². The predicted molar refractivity (Wildman–Crippen MR) is 66.6 cm³/mol. The number of halogens is 2. The van der Waals surface area contributed by atoms with Crippen molar-refractivity contribution in [3.63, 3.8) is 0 Å². The van der Waals surface area contributed by atoms with Gasteiger partial charge in [0.05, 0.1) is 12.1 Å². The molecule has 1 heterocycles. The zero-order valence-electron chi connectivity index (χ0n) is 9.89. The van der Waals surface area contributed by atoms with Gasteiger partial charge in [0.15, 0.2) is 5.69 Å². The molecule has 2 rings (SSSR count). The molecule has 8 heteroatoms. The summed E-state index contributed by atoms with van der Waals surface area (Å²) in [5.41, 5.74) is -0.545. The smallest absolute Gasteiger partial charge is 0.355 e. The molecule has 2 aromatic rings. The number of carbonyl (C=O) groups is 2.